The van der Waals surface area contributed by atoms with Crippen molar-refractivity contribution < 1.29 is 14.0 Å². The van der Waals surface area contributed by atoms with Gasteiger partial charge >= 0.3 is 0 Å². The zero-order valence-corrected chi connectivity index (χ0v) is 16.4. The number of nitrogens with zero attached hydrogens (tertiary/aromatic N) is 2. The molecule has 0 bridgehead atoms. The minimum atomic E-state index is -0.376. The second-order valence-electron chi connectivity index (χ2n) is 6.79. The molecule has 1 N–H and O–H groups in total. The van der Waals surface area contributed by atoms with Crippen molar-refractivity contribution in [1.82, 2.24) is 10.2 Å². The maximum absolute atomic E-state index is 14.3. The van der Waals surface area contributed by atoms with E-state index in [1.807, 2.05) is 29.3 Å². The number of amides is 1. The van der Waals surface area contributed by atoms with E-state index in [1.54, 1.807) is 23.5 Å². The molecule has 1 saturated heterocycles. The van der Waals surface area contributed by atoms with E-state index in [0.717, 1.165) is 4.88 Å². The predicted molar refractivity (Wildman–Crippen MR) is 106 cm³/mol. The highest BCUT2D eigenvalue weighted by Crippen LogP contribution is 2.22. The Morgan fingerprint density at radius 1 is 1.22 bits per heavy atom. The molecule has 1 aliphatic heterocycles. The molecule has 1 amide bonds. The molecule has 5 nitrogen and oxygen atoms in total. The van der Waals surface area contributed by atoms with Gasteiger partial charge in [-0.2, -0.15) is 0 Å². The molecule has 0 saturated carbocycles. The number of Topliss-reactive ketones (excluding diaryl/α,β-unsaturated/α-hetero) is 1. The zero-order valence-electron chi connectivity index (χ0n) is 15.6. The van der Waals surface area contributed by atoms with E-state index in [1.165, 1.54) is 13.0 Å². The van der Waals surface area contributed by atoms with Gasteiger partial charge in [-0.1, -0.05) is 6.07 Å². The summed E-state index contributed by atoms with van der Waals surface area (Å²) in [6.07, 6.45) is 0. The van der Waals surface area contributed by atoms with Crippen LogP contribution in [0.5, 0.6) is 0 Å². The molecule has 0 aliphatic carbocycles. The smallest absolute Gasteiger partial charge is 0.234 e. The monoisotopic (exact) mass is 389 g/mol. The molecule has 7 heteroatoms. The highest BCUT2D eigenvalue weighted by Gasteiger charge is 2.22. The number of thiophene rings is 1. The van der Waals surface area contributed by atoms with Gasteiger partial charge in [0.2, 0.25) is 5.91 Å². The standard InChI is InChI=1S/C20H24FN3O2S/c1-14(19-4-3-11-27-19)22-20(26)13-23-7-9-24(10-8-23)18-6-5-16(15(2)25)12-17(18)21/h3-6,11-12,14H,7-10,13H2,1-2H3,(H,22,26). The maximum atomic E-state index is 14.3. The van der Waals surface area contributed by atoms with Crippen molar-refractivity contribution in [1.29, 1.82) is 0 Å². The van der Waals surface area contributed by atoms with Crippen LogP contribution in [0.3, 0.4) is 0 Å². The molecule has 0 spiro atoms. The van der Waals surface area contributed by atoms with Crippen molar-refractivity contribution >= 4 is 28.7 Å². The van der Waals surface area contributed by atoms with Gasteiger partial charge < -0.3 is 10.2 Å². The van der Waals surface area contributed by atoms with E-state index in [2.05, 4.69) is 10.2 Å². The molecular weight excluding hydrogens is 365 g/mol. The highest BCUT2D eigenvalue weighted by molar-refractivity contribution is 7.10. The summed E-state index contributed by atoms with van der Waals surface area (Å²) in [7, 11) is 0. The first-order valence-electron chi connectivity index (χ1n) is 9.04. The molecule has 1 aromatic carbocycles. The van der Waals surface area contributed by atoms with Crippen LogP contribution in [-0.2, 0) is 4.79 Å². The minimum absolute atomic E-state index is 0.00124. The Labute approximate surface area is 162 Å². The molecule has 2 aromatic rings. The number of rotatable bonds is 6. The molecule has 1 aliphatic rings. The van der Waals surface area contributed by atoms with Crippen molar-refractivity contribution in [2.24, 2.45) is 0 Å². The molecule has 1 atom stereocenters. The largest absolute Gasteiger partial charge is 0.367 e. The lowest BCUT2D eigenvalue weighted by Gasteiger charge is -2.36. The SMILES string of the molecule is CC(=O)c1ccc(N2CCN(CC(=O)NC(C)c3cccs3)CC2)c(F)c1. The van der Waals surface area contributed by atoms with Gasteiger partial charge in [-0.3, -0.25) is 14.5 Å². The van der Waals surface area contributed by atoms with Crippen molar-refractivity contribution in [3.05, 3.63) is 52.0 Å². The fourth-order valence-corrected chi connectivity index (χ4v) is 3.96. The van der Waals surface area contributed by atoms with Gasteiger partial charge in [0.15, 0.2) is 5.78 Å². The number of halogens is 1. The third kappa shape index (κ3) is 4.93. The molecule has 0 radical (unpaired) electrons. The van der Waals surface area contributed by atoms with Crippen LogP contribution in [0, 0.1) is 5.82 Å². The predicted octanol–water partition coefficient (Wildman–Crippen LogP) is 3.09. The molecule has 1 aromatic heterocycles. The van der Waals surface area contributed by atoms with Crippen LogP contribution in [0.2, 0.25) is 0 Å². The van der Waals surface area contributed by atoms with Gasteiger partial charge in [-0.05, 0) is 43.5 Å². The van der Waals surface area contributed by atoms with E-state index in [9.17, 15) is 14.0 Å². The summed E-state index contributed by atoms with van der Waals surface area (Å²) < 4.78 is 14.3. The number of carbonyl (C=O) groups is 2. The fraction of sp³-hybridized carbons (Fsp3) is 0.400. The number of carbonyl (C=O) groups excluding carboxylic acids is 2. The lowest BCUT2D eigenvalue weighted by molar-refractivity contribution is -0.122. The summed E-state index contributed by atoms with van der Waals surface area (Å²) in [4.78, 5) is 28.8. The normalized spacial score (nSPS) is 16.2. The van der Waals surface area contributed by atoms with Gasteiger partial charge in [0.05, 0.1) is 18.3 Å². The van der Waals surface area contributed by atoms with Crippen molar-refractivity contribution in [2.75, 3.05) is 37.6 Å². The average molecular weight is 389 g/mol. The molecule has 27 heavy (non-hydrogen) atoms. The van der Waals surface area contributed by atoms with Gasteiger partial charge in [0.25, 0.3) is 0 Å². The number of benzene rings is 1. The fourth-order valence-electron chi connectivity index (χ4n) is 3.23. The molecular formula is C20H24FN3O2S. The Bertz CT molecular complexity index is 802. The Morgan fingerprint density at radius 3 is 2.56 bits per heavy atom. The Kier molecular flexibility index (Phi) is 6.23. The lowest BCUT2D eigenvalue weighted by atomic mass is 10.1. The molecule has 144 valence electrons. The van der Waals surface area contributed by atoms with Crippen LogP contribution in [-0.4, -0.2) is 49.3 Å². The quantitative estimate of drug-likeness (QED) is 0.772. The van der Waals surface area contributed by atoms with Crippen LogP contribution in [0.1, 0.15) is 35.1 Å². The summed E-state index contributed by atoms with van der Waals surface area (Å²) in [6, 6.07) is 8.62. The summed E-state index contributed by atoms with van der Waals surface area (Å²) in [5.41, 5.74) is 0.891. The first-order chi connectivity index (χ1) is 12.9. The third-order valence-electron chi connectivity index (χ3n) is 4.78. The molecule has 1 fully saturated rings. The van der Waals surface area contributed by atoms with E-state index in [4.69, 9.17) is 0 Å². The summed E-state index contributed by atoms with van der Waals surface area (Å²) in [5, 5.41) is 5.02. The first-order valence-corrected chi connectivity index (χ1v) is 9.92. The lowest BCUT2D eigenvalue weighted by Crippen LogP contribution is -2.49. The number of nitrogens with one attached hydrogen (secondary N) is 1. The third-order valence-corrected chi connectivity index (χ3v) is 5.84. The number of piperazine rings is 1. The van der Waals surface area contributed by atoms with Gasteiger partial charge in [-0.25, -0.2) is 4.39 Å². The van der Waals surface area contributed by atoms with Crippen molar-refractivity contribution in [2.45, 2.75) is 19.9 Å². The van der Waals surface area contributed by atoms with E-state index < -0.39 is 0 Å². The summed E-state index contributed by atoms with van der Waals surface area (Å²) >= 11 is 1.63. The van der Waals surface area contributed by atoms with Crippen molar-refractivity contribution in [3.63, 3.8) is 0 Å². The second-order valence-corrected chi connectivity index (χ2v) is 7.77. The zero-order chi connectivity index (χ0) is 19.4. The van der Waals surface area contributed by atoms with Gasteiger partial charge in [-0.15, -0.1) is 11.3 Å². The minimum Gasteiger partial charge on any atom is -0.367 e. The van der Waals surface area contributed by atoms with Crippen LogP contribution < -0.4 is 10.2 Å². The van der Waals surface area contributed by atoms with E-state index in [0.29, 0.717) is 44.0 Å². The average Bonchev–Trinajstić information content (AvgIpc) is 3.17. The first kappa shape index (κ1) is 19.5. The highest BCUT2D eigenvalue weighted by atomic mass is 32.1. The van der Waals surface area contributed by atoms with Gasteiger partial charge in [0.1, 0.15) is 5.82 Å². The van der Waals surface area contributed by atoms with Gasteiger partial charge in [0, 0.05) is 36.6 Å². The molecule has 1 unspecified atom stereocenters. The van der Waals surface area contributed by atoms with Crippen LogP contribution in [0.15, 0.2) is 35.7 Å². The number of hydrogen-bond donors (Lipinski definition) is 1. The molecule has 3 rings (SSSR count). The van der Waals surface area contributed by atoms with Crippen LogP contribution >= 0.6 is 11.3 Å². The van der Waals surface area contributed by atoms with E-state index in [-0.39, 0.29) is 23.5 Å². The number of anilines is 1. The maximum Gasteiger partial charge on any atom is 0.234 e. The topological polar surface area (TPSA) is 52.7 Å². The number of hydrogen-bond acceptors (Lipinski definition) is 5. The van der Waals surface area contributed by atoms with Crippen LogP contribution in [0.25, 0.3) is 0 Å². The number of ketones is 1. The Morgan fingerprint density at radius 2 is 1.96 bits per heavy atom. The summed E-state index contributed by atoms with van der Waals surface area (Å²) in [5.74, 6) is -0.520. The Balaban J connectivity index is 1.50. The van der Waals surface area contributed by atoms with Crippen molar-refractivity contribution in [3.8, 4) is 0 Å². The molecule has 2 heterocycles. The second kappa shape index (κ2) is 8.63. The summed E-state index contributed by atoms with van der Waals surface area (Å²) in [6.45, 7) is 6.42. The van der Waals surface area contributed by atoms with E-state index >= 15 is 0 Å². The van der Waals surface area contributed by atoms with Crippen LogP contribution in [0.4, 0.5) is 10.1 Å². The Hall–Kier alpha value is -2.25.